The van der Waals surface area contributed by atoms with Gasteiger partial charge in [-0.05, 0) is 61.1 Å². The normalized spacial score (nSPS) is 15.2. The Labute approximate surface area is 168 Å². The molecule has 0 bridgehead atoms. The Hall–Kier alpha value is -2.85. The number of carbonyl (C=O) groups is 2. The second-order valence-corrected chi connectivity index (χ2v) is 7.97. The van der Waals surface area contributed by atoms with Crippen LogP contribution in [0.3, 0.4) is 0 Å². The minimum absolute atomic E-state index is 0.145. The third-order valence-electron chi connectivity index (χ3n) is 4.55. The molecule has 1 aliphatic carbocycles. The molecular weight excluding hydrogens is 372 g/mol. The van der Waals surface area contributed by atoms with Gasteiger partial charge in [-0.1, -0.05) is 18.7 Å². The smallest absolute Gasteiger partial charge is 0.234 e. The van der Waals surface area contributed by atoms with Gasteiger partial charge in [-0.25, -0.2) is 4.98 Å². The van der Waals surface area contributed by atoms with Crippen LogP contribution in [-0.2, 0) is 22.4 Å². The van der Waals surface area contributed by atoms with Crippen molar-refractivity contribution in [2.24, 2.45) is 5.92 Å². The minimum atomic E-state index is -0.172. The summed E-state index contributed by atoms with van der Waals surface area (Å²) >= 11 is 1.28. The van der Waals surface area contributed by atoms with Crippen LogP contribution in [0.2, 0.25) is 0 Å². The molecule has 28 heavy (non-hydrogen) atoms. The zero-order valence-corrected chi connectivity index (χ0v) is 16.7. The van der Waals surface area contributed by atoms with Gasteiger partial charge in [0.05, 0.1) is 11.3 Å². The average Bonchev–Trinajstić information content (AvgIpc) is 2.66. The molecule has 1 aromatic heterocycles. The molecule has 7 heteroatoms. The highest BCUT2D eigenvalue weighted by Crippen LogP contribution is 2.29. The number of fused-ring (bicyclic) bond motifs is 1. The number of pyridine rings is 1. The minimum Gasteiger partial charge on any atom is -0.326 e. The summed E-state index contributed by atoms with van der Waals surface area (Å²) in [5.41, 5.74) is 4.06. The monoisotopic (exact) mass is 394 g/mol. The fraction of sp³-hybridized carbons (Fsp3) is 0.333. The maximum atomic E-state index is 12.3. The van der Waals surface area contributed by atoms with Gasteiger partial charge >= 0.3 is 0 Å². The molecule has 1 atom stereocenters. The van der Waals surface area contributed by atoms with E-state index in [4.69, 9.17) is 0 Å². The molecule has 6 nitrogen and oxygen atoms in total. The zero-order valence-electron chi connectivity index (χ0n) is 15.9. The van der Waals surface area contributed by atoms with E-state index in [-0.39, 0.29) is 17.6 Å². The van der Waals surface area contributed by atoms with Crippen molar-refractivity contribution in [2.45, 2.75) is 38.1 Å². The summed E-state index contributed by atoms with van der Waals surface area (Å²) in [6.07, 6.45) is 2.98. The Morgan fingerprint density at radius 2 is 1.93 bits per heavy atom. The summed E-state index contributed by atoms with van der Waals surface area (Å²) in [5, 5.41) is 15.6. The van der Waals surface area contributed by atoms with Crippen LogP contribution >= 0.6 is 11.8 Å². The number of benzene rings is 1. The van der Waals surface area contributed by atoms with Gasteiger partial charge in [-0.2, -0.15) is 5.26 Å². The Bertz CT molecular complexity index is 935. The van der Waals surface area contributed by atoms with Crippen molar-refractivity contribution in [1.82, 2.24) is 4.98 Å². The van der Waals surface area contributed by atoms with E-state index in [0.717, 1.165) is 30.5 Å². The van der Waals surface area contributed by atoms with Gasteiger partial charge in [-0.3, -0.25) is 9.59 Å². The van der Waals surface area contributed by atoms with E-state index in [2.05, 4.69) is 28.6 Å². The molecular formula is C21H22N4O2S. The van der Waals surface area contributed by atoms with E-state index in [9.17, 15) is 14.9 Å². The van der Waals surface area contributed by atoms with Crippen LogP contribution in [0.5, 0.6) is 0 Å². The van der Waals surface area contributed by atoms with Gasteiger partial charge in [0.25, 0.3) is 0 Å². The Morgan fingerprint density at radius 1 is 1.25 bits per heavy atom. The number of rotatable bonds is 5. The summed E-state index contributed by atoms with van der Waals surface area (Å²) in [6.45, 7) is 3.66. The molecule has 144 valence electrons. The van der Waals surface area contributed by atoms with Crippen molar-refractivity contribution in [2.75, 3.05) is 16.4 Å². The van der Waals surface area contributed by atoms with E-state index in [0.29, 0.717) is 27.9 Å². The summed E-state index contributed by atoms with van der Waals surface area (Å²) in [7, 11) is 0. The molecule has 0 saturated carbocycles. The molecule has 1 aromatic carbocycles. The Morgan fingerprint density at radius 3 is 2.57 bits per heavy atom. The number of aromatic nitrogens is 1. The largest absolute Gasteiger partial charge is 0.326 e. The van der Waals surface area contributed by atoms with Crippen molar-refractivity contribution in [3.05, 3.63) is 47.2 Å². The fourth-order valence-corrected chi connectivity index (χ4v) is 3.96. The lowest BCUT2D eigenvalue weighted by Gasteiger charge is -2.21. The van der Waals surface area contributed by atoms with Gasteiger partial charge in [0.2, 0.25) is 11.8 Å². The zero-order chi connectivity index (χ0) is 20.1. The maximum Gasteiger partial charge on any atom is 0.234 e. The van der Waals surface area contributed by atoms with Crippen LogP contribution in [-0.4, -0.2) is 22.6 Å². The third kappa shape index (κ3) is 5.11. The van der Waals surface area contributed by atoms with E-state index >= 15 is 0 Å². The number of anilines is 2. The summed E-state index contributed by atoms with van der Waals surface area (Å²) < 4.78 is 0. The number of carbonyl (C=O) groups excluding carboxylic acids is 2. The van der Waals surface area contributed by atoms with Gasteiger partial charge in [0.1, 0.15) is 11.1 Å². The number of hydrogen-bond donors (Lipinski definition) is 2. The molecule has 0 saturated heterocycles. The lowest BCUT2D eigenvalue weighted by molar-refractivity contribution is -0.114. The standard InChI is InChI=1S/C21H22N4O2S/c1-13-3-8-19-15(9-13)10-16(11-22)21(25-19)28-12-20(27)24-18-6-4-17(5-7-18)23-14(2)26/h4-7,10,13H,3,8-9,12H2,1-2H3,(H,23,26)(H,24,27). The van der Waals surface area contributed by atoms with E-state index in [1.54, 1.807) is 24.3 Å². The number of hydrogen-bond acceptors (Lipinski definition) is 5. The fourth-order valence-electron chi connectivity index (χ4n) is 3.19. The lowest BCUT2D eigenvalue weighted by atomic mass is 9.87. The quantitative estimate of drug-likeness (QED) is 0.753. The summed E-state index contributed by atoms with van der Waals surface area (Å²) in [6, 6.07) is 11.0. The molecule has 2 aromatic rings. The van der Waals surface area contributed by atoms with Gasteiger partial charge in [0, 0.05) is 24.0 Å². The van der Waals surface area contributed by atoms with Crippen molar-refractivity contribution in [3.63, 3.8) is 0 Å². The van der Waals surface area contributed by atoms with E-state index in [1.165, 1.54) is 18.7 Å². The highest BCUT2D eigenvalue weighted by atomic mass is 32.2. The first-order chi connectivity index (χ1) is 13.4. The number of nitriles is 1. The maximum absolute atomic E-state index is 12.3. The number of nitrogens with one attached hydrogen (secondary N) is 2. The molecule has 0 radical (unpaired) electrons. The molecule has 0 aliphatic heterocycles. The van der Waals surface area contributed by atoms with Crippen molar-refractivity contribution in [1.29, 1.82) is 5.26 Å². The molecule has 2 amide bonds. The first kappa shape index (κ1) is 19.9. The number of aryl methyl sites for hydroxylation is 1. The van der Waals surface area contributed by atoms with Crippen molar-refractivity contribution < 1.29 is 9.59 Å². The predicted molar refractivity (Wildman–Crippen MR) is 110 cm³/mol. The van der Waals surface area contributed by atoms with Gasteiger partial charge in [-0.15, -0.1) is 0 Å². The SMILES string of the molecule is CC(=O)Nc1ccc(NC(=O)CSc2nc3c(cc2C#N)CC(C)CC3)cc1. The lowest BCUT2D eigenvalue weighted by Crippen LogP contribution is -2.16. The third-order valence-corrected chi connectivity index (χ3v) is 5.54. The molecule has 1 unspecified atom stereocenters. The van der Waals surface area contributed by atoms with Crippen LogP contribution in [0.25, 0.3) is 0 Å². The molecule has 0 fully saturated rings. The number of amides is 2. The van der Waals surface area contributed by atoms with Crippen LogP contribution in [0.4, 0.5) is 11.4 Å². The highest BCUT2D eigenvalue weighted by Gasteiger charge is 2.19. The first-order valence-electron chi connectivity index (χ1n) is 9.18. The second kappa shape index (κ2) is 8.89. The molecule has 2 N–H and O–H groups in total. The van der Waals surface area contributed by atoms with Crippen LogP contribution in [0.1, 0.15) is 37.1 Å². The summed E-state index contributed by atoms with van der Waals surface area (Å²) in [4.78, 5) is 28.0. The van der Waals surface area contributed by atoms with Gasteiger partial charge < -0.3 is 10.6 Å². The topological polar surface area (TPSA) is 94.9 Å². The van der Waals surface area contributed by atoms with Crippen LogP contribution in [0, 0.1) is 17.2 Å². The molecule has 3 rings (SSSR count). The Balaban J connectivity index is 1.61. The summed E-state index contributed by atoms with van der Waals surface area (Å²) in [5.74, 6) is 0.467. The van der Waals surface area contributed by atoms with Gasteiger partial charge in [0.15, 0.2) is 0 Å². The number of thioether (sulfide) groups is 1. The van der Waals surface area contributed by atoms with E-state index < -0.39 is 0 Å². The van der Waals surface area contributed by atoms with Crippen molar-refractivity contribution >= 4 is 35.0 Å². The van der Waals surface area contributed by atoms with E-state index in [1.807, 2.05) is 6.07 Å². The molecule has 0 spiro atoms. The average molecular weight is 395 g/mol. The highest BCUT2D eigenvalue weighted by molar-refractivity contribution is 8.00. The van der Waals surface area contributed by atoms with Crippen molar-refractivity contribution in [3.8, 4) is 6.07 Å². The number of nitrogens with zero attached hydrogens (tertiary/aromatic N) is 2. The molecule has 1 aliphatic rings. The van der Waals surface area contributed by atoms with Crippen LogP contribution < -0.4 is 10.6 Å². The Kier molecular flexibility index (Phi) is 6.32. The van der Waals surface area contributed by atoms with Crippen LogP contribution in [0.15, 0.2) is 35.4 Å². The molecule has 1 heterocycles. The second-order valence-electron chi connectivity index (χ2n) is 7.00. The predicted octanol–water partition coefficient (Wildman–Crippen LogP) is 3.77. The first-order valence-corrected chi connectivity index (χ1v) is 10.2.